The highest BCUT2D eigenvalue weighted by Crippen LogP contribution is 2.23. The zero-order chi connectivity index (χ0) is 22.5. The molecule has 0 aliphatic carbocycles. The van der Waals surface area contributed by atoms with Gasteiger partial charge in [-0.1, -0.05) is 25.1 Å². The number of hydrogen-bond donors (Lipinski definition) is 3. The van der Waals surface area contributed by atoms with Crippen LogP contribution < -0.4 is 10.6 Å². The van der Waals surface area contributed by atoms with Crippen LogP contribution in [-0.2, 0) is 19.4 Å². The zero-order valence-electron chi connectivity index (χ0n) is 17.7. The van der Waals surface area contributed by atoms with Gasteiger partial charge in [0.05, 0.1) is 36.7 Å². The van der Waals surface area contributed by atoms with Crippen molar-refractivity contribution in [3.8, 4) is 0 Å². The number of amides is 2. The van der Waals surface area contributed by atoms with Crippen LogP contribution in [0.2, 0.25) is 0 Å². The van der Waals surface area contributed by atoms with Gasteiger partial charge in [0.15, 0.2) is 0 Å². The molecule has 164 valence electrons. The topological polar surface area (TPSA) is 92.1 Å². The van der Waals surface area contributed by atoms with Crippen LogP contribution in [-0.4, -0.2) is 32.5 Å². The molecule has 4 rings (SSSR count). The summed E-state index contributed by atoms with van der Waals surface area (Å²) < 4.78 is 16.4. The SMILES string of the molecule is CCc1cccc(NC(=O)Nc2ccc(Cc3cncc4c3cnn4CCO)cc2F)c1. The number of hydrogen-bond acceptors (Lipinski definition) is 4. The fraction of sp³-hybridized carbons (Fsp3) is 0.208. The molecule has 2 aromatic carbocycles. The summed E-state index contributed by atoms with van der Waals surface area (Å²) in [6.45, 7) is 2.40. The number of anilines is 2. The van der Waals surface area contributed by atoms with Crippen molar-refractivity contribution in [2.75, 3.05) is 17.2 Å². The summed E-state index contributed by atoms with van der Waals surface area (Å²) in [6, 6.07) is 11.7. The van der Waals surface area contributed by atoms with E-state index >= 15 is 0 Å². The Balaban J connectivity index is 1.46. The second-order valence-electron chi connectivity index (χ2n) is 7.45. The van der Waals surface area contributed by atoms with Crippen LogP contribution >= 0.6 is 0 Å². The molecule has 0 aliphatic rings. The molecule has 0 saturated carbocycles. The first-order valence-corrected chi connectivity index (χ1v) is 10.4. The van der Waals surface area contributed by atoms with Gasteiger partial charge in [-0.3, -0.25) is 9.67 Å². The molecule has 3 N–H and O–H groups in total. The Hall–Kier alpha value is -3.78. The first-order chi connectivity index (χ1) is 15.6. The lowest BCUT2D eigenvalue weighted by Gasteiger charge is -2.11. The predicted octanol–water partition coefficient (Wildman–Crippen LogP) is 4.36. The number of rotatable bonds is 7. The molecule has 0 spiro atoms. The summed E-state index contributed by atoms with van der Waals surface area (Å²) in [5.74, 6) is -0.518. The zero-order valence-corrected chi connectivity index (χ0v) is 17.7. The van der Waals surface area contributed by atoms with Crippen LogP contribution in [0.5, 0.6) is 0 Å². The molecule has 0 aliphatic heterocycles. The van der Waals surface area contributed by atoms with Gasteiger partial charge in [-0.15, -0.1) is 0 Å². The van der Waals surface area contributed by atoms with E-state index in [0.717, 1.165) is 34.0 Å². The van der Waals surface area contributed by atoms with Crippen LogP contribution in [0.25, 0.3) is 10.9 Å². The van der Waals surface area contributed by atoms with Crippen LogP contribution in [0.3, 0.4) is 0 Å². The predicted molar refractivity (Wildman–Crippen MR) is 122 cm³/mol. The number of aryl methyl sites for hydroxylation is 1. The first kappa shape index (κ1) is 21.5. The number of pyridine rings is 1. The van der Waals surface area contributed by atoms with Gasteiger partial charge in [-0.2, -0.15) is 5.10 Å². The van der Waals surface area contributed by atoms with Crippen LogP contribution in [0.1, 0.15) is 23.6 Å². The van der Waals surface area contributed by atoms with Gasteiger partial charge >= 0.3 is 6.03 Å². The molecule has 2 amide bonds. The minimum atomic E-state index is -0.518. The molecule has 2 heterocycles. The maximum atomic E-state index is 14.7. The molecule has 0 saturated heterocycles. The van der Waals surface area contributed by atoms with Crippen molar-refractivity contribution in [3.63, 3.8) is 0 Å². The second kappa shape index (κ2) is 9.57. The number of nitrogens with zero attached hydrogens (tertiary/aromatic N) is 3. The number of carbonyl (C=O) groups excluding carboxylic acids is 1. The molecule has 7 nitrogen and oxygen atoms in total. The van der Waals surface area contributed by atoms with Gasteiger partial charge in [-0.05, 0) is 53.8 Å². The summed E-state index contributed by atoms with van der Waals surface area (Å²) in [6.07, 6.45) is 6.48. The fourth-order valence-corrected chi connectivity index (χ4v) is 3.60. The van der Waals surface area contributed by atoms with E-state index in [9.17, 15) is 9.18 Å². The summed E-state index contributed by atoms with van der Waals surface area (Å²) in [5.41, 5.74) is 4.32. The minimum Gasteiger partial charge on any atom is -0.394 e. The van der Waals surface area contributed by atoms with Crippen molar-refractivity contribution >= 4 is 28.3 Å². The molecule has 0 bridgehead atoms. The number of carbonyl (C=O) groups is 1. The third kappa shape index (κ3) is 4.76. The highest BCUT2D eigenvalue weighted by Gasteiger charge is 2.12. The van der Waals surface area contributed by atoms with Gasteiger partial charge in [0, 0.05) is 17.3 Å². The molecule has 0 unspecified atom stereocenters. The summed E-state index contributed by atoms with van der Waals surface area (Å²) in [4.78, 5) is 16.5. The summed E-state index contributed by atoms with van der Waals surface area (Å²) in [5, 5.41) is 19.6. The highest BCUT2D eigenvalue weighted by atomic mass is 19.1. The monoisotopic (exact) mass is 433 g/mol. The number of nitrogens with one attached hydrogen (secondary N) is 2. The molecule has 2 aromatic heterocycles. The van der Waals surface area contributed by atoms with E-state index in [-0.39, 0.29) is 12.3 Å². The van der Waals surface area contributed by atoms with Gasteiger partial charge < -0.3 is 15.7 Å². The fourth-order valence-electron chi connectivity index (χ4n) is 3.60. The smallest absolute Gasteiger partial charge is 0.323 e. The average Bonchev–Trinajstić information content (AvgIpc) is 3.20. The molecule has 0 radical (unpaired) electrons. The minimum absolute atomic E-state index is 0.0156. The Morgan fingerprint density at radius 2 is 1.97 bits per heavy atom. The molecule has 32 heavy (non-hydrogen) atoms. The Labute approximate surface area is 184 Å². The Morgan fingerprint density at radius 3 is 2.75 bits per heavy atom. The van der Waals surface area contributed by atoms with Gasteiger partial charge in [0.1, 0.15) is 5.82 Å². The Morgan fingerprint density at radius 1 is 1.09 bits per heavy atom. The van der Waals surface area contributed by atoms with Crippen molar-refractivity contribution in [1.29, 1.82) is 0 Å². The molecule has 4 aromatic rings. The number of urea groups is 1. The Kier molecular flexibility index (Phi) is 6.42. The van der Waals surface area contributed by atoms with Gasteiger partial charge in [0.25, 0.3) is 0 Å². The van der Waals surface area contributed by atoms with E-state index < -0.39 is 11.8 Å². The number of aliphatic hydroxyl groups excluding tert-OH is 1. The molecular weight excluding hydrogens is 409 g/mol. The van der Waals surface area contributed by atoms with E-state index in [1.54, 1.807) is 41.5 Å². The van der Waals surface area contributed by atoms with E-state index in [1.807, 2.05) is 25.1 Å². The molecule has 0 atom stereocenters. The van der Waals surface area contributed by atoms with E-state index in [2.05, 4.69) is 20.7 Å². The van der Waals surface area contributed by atoms with Crippen molar-refractivity contribution in [1.82, 2.24) is 14.8 Å². The number of fused-ring (bicyclic) bond motifs is 1. The third-order valence-electron chi connectivity index (χ3n) is 5.23. The van der Waals surface area contributed by atoms with Gasteiger partial charge in [0.2, 0.25) is 0 Å². The lowest BCUT2D eigenvalue weighted by atomic mass is 10.0. The van der Waals surface area contributed by atoms with Crippen LogP contribution in [0.4, 0.5) is 20.6 Å². The van der Waals surface area contributed by atoms with Crippen LogP contribution in [0.15, 0.2) is 61.1 Å². The van der Waals surface area contributed by atoms with Crippen molar-refractivity contribution in [2.24, 2.45) is 0 Å². The molecule has 0 fully saturated rings. The quantitative estimate of drug-likeness (QED) is 0.404. The first-order valence-electron chi connectivity index (χ1n) is 10.4. The van der Waals surface area contributed by atoms with E-state index in [0.29, 0.717) is 18.7 Å². The average molecular weight is 433 g/mol. The van der Waals surface area contributed by atoms with Crippen molar-refractivity contribution in [3.05, 3.63) is 83.6 Å². The number of halogens is 1. The standard InChI is InChI=1S/C24H24FN5O2/c1-2-16-4-3-5-19(11-16)28-24(32)29-22-7-6-17(12-21(22)25)10-18-13-26-15-23-20(18)14-27-30(23)8-9-31/h3-7,11-15,31H,2,8-10H2,1H3,(H2,28,29,32). The van der Waals surface area contributed by atoms with Crippen molar-refractivity contribution < 1.29 is 14.3 Å². The lowest BCUT2D eigenvalue weighted by Crippen LogP contribution is -2.20. The van der Waals surface area contributed by atoms with E-state index in [1.165, 1.54) is 6.07 Å². The number of benzene rings is 2. The summed E-state index contributed by atoms with van der Waals surface area (Å²) >= 11 is 0. The van der Waals surface area contributed by atoms with Crippen molar-refractivity contribution in [2.45, 2.75) is 26.3 Å². The maximum absolute atomic E-state index is 14.7. The molecular formula is C24H24FN5O2. The second-order valence-corrected chi connectivity index (χ2v) is 7.45. The largest absolute Gasteiger partial charge is 0.394 e. The maximum Gasteiger partial charge on any atom is 0.323 e. The third-order valence-corrected chi connectivity index (χ3v) is 5.23. The number of aliphatic hydroxyl groups is 1. The Bertz CT molecular complexity index is 1250. The summed E-state index contributed by atoms with van der Waals surface area (Å²) in [7, 11) is 0. The molecule has 8 heteroatoms. The number of aromatic nitrogens is 3. The van der Waals surface area contributed by atoms with E-state index in [4.69, 9.17) is 5.11 Å². The van der Waals surface area contributed by atoms with Gasteiger partial charge in [-0.25, -0.2) is 9.18 Å². The lowest BCUT2D eigenvalue weighted by molar-refractivity contribution is 0.262. The highest BCUT2D eigenvalue weighted by molar-refractivity contribution is 5.99. The normalized spacial score (nSPS) is 11.0. The van der Waals surface area contributed by atoms with Crippen LogP contribution in [0, 0.1) is 5.82 Å².